The summed E-state index contributed by atoms with van der Waals surface area (Å²) in [5.41, 5.74) is 0.891. The summed E-state index contributed by atoms with van der Waals surface area (Å²) < 4.78 is 15.1. The maximum atomic E-state index is 13.3. The molecule has 1 unspecified atom stereocenters. The lowest BCUT2D eigenvalue weighted by molar-refractivity contribution is 0.498. The van der Waals surface area contributed by atoms with Gasteiger partial charge in [-0.2, -0.15) is 0 Å². The van der Waals surface area contributed by atoms with E-state index in [1.165, 1.54) is 6.07 Å². The van der Waals surface area contributed by atoms with Crippen LogP contribution in [0.2, 0.25) is 5.02 Å². The van der Waals surface area contributed by atoms with E-state index in [1.54, 1.807) is 16.9 Å². The number of hydrogen-bond donors (Lipinski definition) is 1. The Kier molecular flexibility index (Phi) is 4.87. The van der Waals surface area contributed by atoms with Crippen molar-refractivity contribution in [3.05, 3.63) is 47.0 Å². The lowest BCUT2D eigenvalue weighted by Crippen LogP contribution is -2.21. The molecule has 102 valence electrons. The Morgan fingerprint density at radius 3 is 3.00 bits per heavy atom. The Labute approximate surface area is 116 Å². The molecule has 0 aliphatic heterocycles. The van der Waals surface area contributed by atoms with Crippen LogP contribution in [-0.2, 0) is 6.54 Å². The quantitative estimate of drug-likeness (QED) is 0.829. The van der Waals surface area contributed by atoms with E-state index in [4.69, 9.17) is 11.6 Å². The molecule has 0 amide bonds. The largest absolute Gasteiger partial charge is 0.310 e. The van der Waals surface area contributed by atoms with Crippen LogP contribution in [0.5, 0.6) is 0 Å². The Balaban J connectivity index is 1.77. The summed E-state index contributed by atoms with van der Waals surface area (Å²) in [6.07, 6.45) is 4.42. The van der Waals surface area contributed by atoms with Gasteiger partial charge < -0.3 is 5.32 Å². The van der Waals surface area contributed by atoms with Crippen LogP contribution in [0.1, 0.15) is 24.9 Å². The average molecular weight is 283 g/mol. The lowest BCUT2D eigenvalue weighted by atomic mass is 10.1. The van der Waals surface area contributed by atoms with Crippen molar-refractivity contribution in [1.29, 1.82) is 0 Å². The predicted octanol–water partition coefficient (Wildman–Crippen LogP) is 2.81. The first-order valence-electron chi connectivity index (χ1n) is 6.19. The van der Waals surface area contributed by atoms with Crippen LogP contribution in [0.15, 0.2) is 30.6 Å². The van der Waals surface area contributed by atoms with E-state index < -0.39 is 0 Å². The third kappa shape index (κ3) is 4.01. The van der Waals surface area contributed by atoms with E-state index in [0.29, 0.717) is 0 Å². The molecule has 2 aromatic rings. The van der Waals surface area contributed by atoms with E-state index in [-0.39, 0.29) is 16.9 Å². The third-order valence-electron chi connectivity index (χ3n) is 2.93. The van der Waals surface area contributed by atoms with Crippen molar-refractivity contribution in [3.8, 4) is 0 Å². The molecular weight excluding hydrogens is 267 g/mol. The second-order valence-corrected chi connectivity index (χ2v) is 4.78. The van der Waals surface area contributed by atoms with Crippen LogP contribution in [0, 0.1) is 5.82 Å². The minimum Gasteiger partial charge on any atom is -0.310 e. The number of rotatable bonds is 6. The zero-order chi connectivity index (χ0) is 13.7. The zero-order valence-corrected chi connectivity index (χ0v) is 11.4. The number of nitrogens with zero attached hydrogens (tertiary/aromatic N) is 3. The molecule has 0 radical (unpaired) electrons. The van der Waals surface area contributed by atoms with Crippen LogP contribution in [0.25, 0.3) is 0 Å². The maximum Gasteiger partial charge on any atom is 0.142 e. The molecule has 1 heterocycles. The van der Waals surface area contributed by atoms with Crippen molar-refractivity contribution >= 4 is 11.6 Å². The van der Waals surface area contributed by atoms with Crippen molar-refractivity contribution in [1.82, 2.24) is 20.3 Å². The normalized spacial score (nSPS) is 12.6. The van der Waals surface area contributed by atoms with E-state index in [2.05, 4.69) is 15.6 Å². The summed E-state index contributed by atoms with van der Waals surface area (Å²) in [6, 6.07) is 4.97. The van der Waals surface area contributed by atoms with E-state index in [1.807, 2.05) is 19.2 Å². The molecule has 0 saturated heterocycles. The molecule has 0 saturated carbocycles. The zero-order valence-electron chi connectivity index (χ0n) is 10.7. The summed E-state index contributed by atoms with van der Waals surface area (Å²) in [7, 11) is 0. The highest BCUT2D eigenvalue weighted by molar-refractivity contribution is 6.30. The molecule has 19 heavy (non-hydrogen) atoms. The second-order valence-electron chi connectivity index (χ2n) is 4.37. The fourth-order valence-corrected chi connectivity index (χ4v) is 1.93. The minimum absolute atomic E-state index is 0.0857. The van der Waals surface area contributed by atoms with Gasteiger partial charge in [-0.25, -0.2) is 4.39 Å². The Hall–Kier alpha value is -1.46. The highest BCUT2D eigenvalue weighted by atomic mass is 35.5. The van der Waals surface area contributed by atoms with Gasteiger partial charge in [0.15, 0.2) is 0 Å². The van der Waals surface area contributed by atoms with Gasteiger partial charge in [-0.05, 0) is 37.6 Å². The van der Waals surface area contributed by atoms with Crippen molar-refractivity contribution in [2.24, 2.45) is 0 Å². The van der Waals surface area contributed by atoms with Gasteiger partial charge in [0.2, 0.25) is 0 Å². The average Bonchev–Trinajstić information content (AvgIpc) is 2.91. The van der Waals surface area contributed by atoms with Crippen LogP contribution in [-0.4, -0.2) is 21.5 Å². The van der Waals surface area contributed by atoms with Gasteiger partial charge >= 0.3 is 0 Å². The fraction of sp³-hybridized carbons (Fsp3) is 0.385. The first-order valence-corrected chi connectivity index (χ1v) is 6.57. The van der Waals surface area contributed by atoms with Crippen LogP contribution in [0.4, 0.5) is 4.39 Å². The van der Waals surface area contributed by atoms with Crippen molar-refractivity contribution in [3.63, 3.8) is 0 Å². The highest BCUT2D eigenvalue weighted by Crippen LogP contribution is 2.19. The highest BCUT2D eigenvalue weighted by Gasteiger charge is 2.07. The number of aryl methyl sites for hydroxylation is 1. The van der Waals surface area contributed by atoms with Gasteiger partial charge in [0.1, 0.15) is 5.82 Å². The number of hydrogen-bond acceptors (Lipinski definition) is 3. The van der Waals surface area contributed by atoms with Gasteiger partial charge in [-0.15, -0.1) is 5.10 Å². The molecule has 1 N–H and O–H groups in total. The van der Waals surface area contributed by atoms with Crippen LogP contribution in [0.3, 0.4) is 0 Å². The van der Waals surface area contributed by atoms with Crippen LogP contribution >= 0.6 is 11.6 Å². The Morgan fingerprint density at radius 1 is 1.47 bits per heavy atom. The molecule has 0 fully saturated rings. The molecule has 6 heteroatoms. The SMILES string of the molecule is CC(NCCCn1ccnn1)c1ccc(Cl)c(F)c1. The number of aromatic nitrogens is 3. The first-order chi connectivity index (χ1) is 9.16. The number of nitrogens with one attached hydrogen (secondary N) is 1. The molecule has 1 aromatic heterocycles. The third-order valence-corrected chi connectivity index (χ3v) is 3.24. The van der Waals surface area contributed by atoms with E-state index >= 15 is 0 Å². The number of halogens is 2. The Morgan fingerprint density at radius 2 is 2.32 bits per heavy atom. The molecule has 0 spiro atoms. The topological polar surface area (TPSA) is 42.7 Å². The summed E-state index contributed by atoms with van der Waals surface area (Å²) in [5, 5.41) is 11.1. The first kappa shape index (κ1) is 14.0. The molecular formula is C13H16ClFN4. The Bertz CT molecular complexity index is 515. The lowest BCUT2D eigenvalue weighted by Gasteiger charge is -2.14. The molecule has 1 atom stereocenters. The molecule has 4 nitrogen and oxygen atoms in total. The molecule has 0 aliphatic carbocycles. The molecule has 2 rings (SSSR count). The summed E-state index contributed by atoms with van der Waals surface area (Å²) in [5.74, 6) is -0.379. The van der Waals surface area contributed by atoms with Crippen molar-refractivity contribution in [2.45, 2.75) is 25.9 Å². The summed E-state index contributed by atoms with van der Waals surface area (Å²) in [4.78, 5) is 0. The minimum atomic E-state index is -0.379. The van der Waals surface area contributed by atoms with Gasteiger partial charge in [-0.1, -0.05) is 22.9 Å². The smallest absolute Gasteiger partial charge is 0.142 e. The second kappa shape index (κ2) is 6.63. The summed E-state index contributed by atoms with van der Waals surface area (Å²) in [6.45, 7) is 3.64. The van der Waals surface area contributed by atoms with E-state index in [9.17, 15) is 4.39 Å². The van der Waals surface area contributed by atoms with E-state index in [0.717, 1.165) is 25.1 Å². The standard InChI is InChI=1S/C13H16ClFN4/c1-10(11-3-4-12(14)13(15)9-11)16-5-2-7-19-8-6-17-18-19/h3-4,6,8-10,16H,2,5,7H2,1H3. The van der Waals surface area contributed by atoms with Gasteiger partial charge in [-0.3, -0.25) is 4.68 Å². The monoisotopic (exact) mass is 282 g/mol. The maximum absolute atomic E-state index is 13.3. The van der Waals surface area contributed by atoms with Crippen LogP contribution < -0.4 is 5.32 Å². The van der Waals surface area contributed by atoms with Gasteiger partial charge in [0.05, 0.1) is 11.2 Å². The molecule has 1 aromatic carbocycles. The molecule has 0 bridgehead atoms. The predicted molar refractivity (Wildman–Crippen MR) is 72.5 cm³/mol. The molecule has 0 aliphatic rings. The van der Waals surface area contributed by atoms with Crippen molar-refractivity contribution < 1.29 is 4.39 Å². The fourth-order valence-electron chi connectivity index (χ4n) is 1.81. The van der Waals surface area contributed by atoms with Gasteiger partial charge in [0, 0.05) is 18.8 Å². The van der Waals surface area contributed by atoms with Crippen molar-refractivity contribution in [2.75, 3.05) is 6.54 Å². The van der Waals surface area contributed by atoms with Gasteiger partial charge in [0.25, 0.3) is 0 Å². The number of benzene rings is 1. The summed E-state index contributed by atoms with van der Waals surface area (Å²) >= 11 is 5.66.